The number of benzene rings is 2. The summed E-state index contributed by atoms with van der Waals surface area (Å²) in [6, 6.07) is 11.3. The van der Waals surface area contributed by atoms with Crippen LogP contribution in [0.3, 0.4) is 0 Å². The molecule has 0 heterocycles. The molecule has 104 valence electrons. The molecule has 2 aromatic carbocycles. The summed E-state index contributed by atoms with van der Waals surface area (Å²) in [5.41, 5.74) is 1.03. The lowest BCUT2D eigenvalue weighted by Gasteiger charge is -2.08. The lowest BCUT2D eigenvalue weighted by Crippen LogP contribution is -2.23. The summed E-state index contributed by atoms with van der Waals surface area (Å²) in [7, 11) is 1.40. The number of carbonyl (C=O) groups is 1. The number of carbonyl (C=O) groups excluding carboxylic acids is 1. The van der Waals surface area contributed by atoms with Crippen molar-refractivity contribution in [1.82, 2.24) is 5.32 Å². The van der Waals surface area contributed by atoms with Gasteiger partial charge in [-0.3, -0.25) is 4.79 Å². The van der Waals surface area contributed by atoms with Crippen LogP contribution >= 0.6 is 11.6 Å². The molecule has 0 aromatic heterocycles. The summed E-state index contributed by atoms with van der Waals surface area (Å²) in [5, 5.41) is 3.07. The van der Waals surface area contributed by atoms with Crippen LogP contribution in [0.1, 0.15) is 15.9 Å². The Kier molecular flexibility index (Phi) is 4.58. The van der Waals surface area contributed by atoms with E-state index in [0.29, 0.717) is 16.1 Å². The van der Waals surface area contributed by atoms with Crippen molar-refractivity contribution >= 4 is 17.5 Å². The number of amides is 1. The normalized spacial score (nSPS) is 10.2. The van der Waals surface area contributed by atoms with Gasteiger partial charge >= 0.3 is 0 Å². The second kappa shape index (κ2) is 6.39. The highest BCUT2D eigenvalue weighted by Gasteiger charge is 2.09. The van der Waals surface area contributed by atoms with E-state index in [0.717, 1.165) is 0 Å². The topological polar surface area (TPSA) is 38.3 Å². The van der Waals surface area contributed by atoms with Crippen LogP contribution in [-0.2, 0) is 6.54 Å². The van der Waals surface area contributed by atoms with Crippen molar-refractivity contribution in [3.63, 3.8) is 0 Å². The third kappa shape index (κ3) is 3.27. The molecule has 5 heteroatoms. The van der Waals surface area contributed by atoms with Crippen molar-refractivity contribution in [3.05, 3.63) is 64.4 Å². The van der Waals surface area contributed by atoms with Gasteiger partial charge in [0.05, 0.1) is 17.7 Å². The van der Waals surface area contributed by atoms with Gasteiger partial charge in [-0.15, -0.1) is 0 Å². The van der Waals surface area contributed by atoms with Gasteiger partial charge in [-0.05, 0) is 29.8 Å². The van der Waals surface area contributed by atoms with E-state index >= 15 is 0 Å². The molecule has 0 radical (unpaired) electrons. The van der Waals surface area contributed by atoms with Crippen LogP contribution < -0.4 is 10.1 Å². The Morgan fingerprint density at radius 1 is 1.30 bits per heavy atom. The average molecular weight is 294 g/mol. The molecule has 0 aliphatic carbocycles. The first-order valence-corrected chi connectivity index (χ1v) is 6.34. The predicted molar refractivity (Wildman–Crippen MR) is 75.6 cm³/mol. The number of halogens is 2. The van der Waals surface area contributed by atoms with Gasteiger partial charge in [0.1, 0.15) is 0 Å². The molecular weight excluding hydrogens is 281 g/mol. The third-order valence-corrected chi connectivity index (χ3v) is 3.12. The largest absolute Gasteiger partial charge is 0.494 e. The minimum absolute atomic E-state index is 0.172. The van der Waals surface area contributed by atoms with Gasteiger partial charge in [-0.1, -0.05) is 29.8 Å². The number of hydrogen-bond donors (Lipinski definition) is 1. The monoisotopic (exact) mass is 293 g/mol. The van der Waals surface area contributed by atoms with E-state index in [1.807, 2.05) is 0 Å². The third-order valence-electron chi connectivity index (χ3n) is 2.79. The number of ether oxygens (including phenoxy) is 1. The van der Waals surface area contributed by atoms with Crippen molar-refractivity contribution in [2.45, 2.75) is 6.54 Å². The Morgan fingerprint density at radius 2 is 2.05 bits per heavy atom. The molecule has 0 fully saturated rings. The van der Waals surface area contributed by atoms with Crippen molar-refractivity contribution in [1.29, 1.82) is 0 Å². The van der Waals surface area contributed by atoms with Gasteiger partial charge in [0.15, 0.2) is 11.6 Å². The van der Waals surface area contributed by atoms with Crippen LogP contribution in [0.2, 0.25) is 5.02 Å². The molecule has 0 spiro atoms. The van der Waals surface area contributed by atoms with Gasteiger partial charge in [-0.25, -0.2) is 4.39 Å². The second-order valence-electron chi connectivity index (χ2n) is 4.13. The molecular formula is C15H13ClFNO2. The zero-order chi connectivity index (χ0) is 14.5. The first-order valence-electron chi connectivity index (χ1n) is 5.97. The highest BCUT2D eigenvalue weighted by atomic mass is 35.5. The first-order chi connectivity index (χ1) is 9.61. The fraction of sp³-hybridized carbons (Fsp3) is 0.133. The maximum atomic E-state index is 13.5. The van der Waals surface area contributed by atoms with Crippen molar-refractivity contribution in [2.75, 3.05) is 7.11 Å². The summed E-state index contributed by atoms with van der Waals surface area (Å²) in [6.45, 7) is 0.213. The van der Waals surface area contributed by atoms with Crippen molar-refractivity contribution in [2.24, 2.45) is 0 Å². The molecule has 0 aliphatic heterocycles. The van der Waals surface area contributed by atoms with Crippen LogP contribution in [-0.4, -0.2) is 13.0 Å². The van der Waals surface area contributed by atoms with Crippen LogP contribution in [0.5, 0.6) is 5.75 Å². The molecule has 0 saturated carbocycles. The maximum absolute atomic E-state index is 13.5. The minimum atomic E-state index is -0.461. The van der Waals surface area contributed by atoms with E-state index in [4.69, 9.17) is 16.3 Å². The smallest absolute Gasteiger partial charge is 0.253 e. The molecule has 1 amide bonds. The Labute approximate surface area is 121 Å². The number of hydrogen-bond acceptors (Lipinski definition) is 2. The molecule has 20 heavy (non-hydrogen) atoms. The fourth-order valence-corrected chi connectivity index (χ4v) is 1.96. The molecule has 3 nitrogen and oxygen atoms in total. The van der Waals surface area contributed by atoms with Crippen molar-refractivity contribution < 1.29 is 13.9 Å². The van der Waals surface area contributed by atoms with E-state index in [1.165, 1.54) is 19.2 Å². The zero-order valence-corrected chi connectivity index (χ0v) is 11.6. The van der Waals surface area contributed by atoms with Gasteiger partial charge in [0.2, 0.25) is 0 Å². The number of methoxy groups -OCH3 is 1. The van der Waals surface area contributed by atoms with Crippen molar-refractivity contribution in [3.8, 4) is 5.75 Å². The average Bonchev–Trinajstić information content (AvgIpc) is 2.45. The Hall–Kier alpha value is -2.07. The molecule has 1 N–H and O–H groups in total. The maximum Gasteiger partial charge on any atom is 0.253 e. The Balaban J connectivity index is 2.04. The summed E-state index contributed by atoms with van der Waals surface area (Å²) in [4.78, 5) is 11.9. The van der Waals surface area contributed by atoms with E-state index in [1.54, 1.807) is 30.3 Å². The predicted octanol–water partition coefficient (Wildman–Crippen LogP) is 3.42. The zero-order valence-electron chi connectivity index (χ0n) is 10.8. The number of nitrogens with one attached hydrogen (secondary N) is 1. The van der Waals surface area contributed by atoms with Gasteiger partial charge in [0, 0.05) is 6.54 Å². The van der Waals surface area contributed by atoms with E-state index < -0.39 is 5.82 Å². The number of rotatable bonds is 4. The summed E-state index contributed by atoms with van der Waals surface area (Å²) >= 11 is 5.93. The lowest BCUT2D eigenvalue weighted by molar-refractivity contribution is 0.0951. The Bertz CT molecular complexity index is 631. The molecule has 0 unspecified atom stereocenters. The molecule has 0 atom stereocenters. The van der Waals surface area contributed by atoms with E-state index in [9.17, 15) is 9.18 Å². The minimum Gasteiger partial charge on any atom is -0.494 e. The highest BCUT2D eigenvalue weighted by molar-refractivity contribution is 6.33. The summed E-state index contributed by atoms with van der Waals surface area (Å²) < 4.78 is 18.3. The molecule has 0 bridgehead atoms. The summed E-state index contributed by atoms with van der Waals surface area (Å²) in [5.74, 6) is -0.588. The molecule has 0 saturated heterocycles. The summed E-state index contributed by atoms with van der Waals surface area (Å²) in [6.07, 6.45) is 0. The van der Waals surface area contributed by atoms with Crippen LogP contribution in [0.4, 0.5) is 4.39 Å². The fourth-order valence-electron chi connectivity index (χ4n) is 1.74. The SMILES string of the molecule is COc1ccc(CNC(=O)c2ccccc2Cl)cc1F. The van der Waals surface area contributed by atoms with Crippen LogP contribution in [0, 0.1) is 5.82 Å². The highest BCUT2D eigenvalue weighted by Crippen LogP contribution is 2.18. The van der Waals surface area contributed by atoms with Gasteiger partial charge in [-0.2, -0.15) is 0 Å². The lowest BCUT2D eigenvalue weighted by atomic mass is 10.2. The van der Waals surface area contributed by atoms with Gasteiger partial charge in [0.25, 0.3) is 5.91 Å². The second-order valence-corrected chi connectivity index (χ2v) is 4.54. The van der Waals surface area contributed by atoms with Crippen LogP contribution in [0.25, 0.3) is 0 Å². The quantitative estimate of drug-likeness (QED) is 0.938. The van der Waals surface area contributed by atoms with E-state index in [2.05, 4.69) is 5.32 Å². The molecule has 2 aromatic rings. The first kappa shape index (κ1) is 14.3. The van der Waals surface area contributed by atoms with E-state index in [-0.39, 0.29) is 18.2 Å². The van der Waals surface area contributed by atoms with Gasteiger partial charge < -0.3 is 10.1 Å². The van der Waals surface area contributed by atoms with Crippen LogP contribution in [0.15, 0.2) is 42.5 Å². The Morgan fingerprint density at radius 3 is 2.70 bits per heavy atom. The standard InChI is InChI=1S/C15H13ClFNO2/c1-20-14-7-6-10(8-13(14)17)9-18-15(19)11-4-2-3-5-12(11)16/h2-8H,9H2,1H3,(H,18,19). The molecule has 2 rings (SSSR count). The molecule has 0 aliphatic rings.